The van der Waals surface area contributed by atoms with Gasteiger partial charge in [0, 0.05) is 0 Å². The van der Waals surface area contributed by atoms with Crippen molar-refractivity contribution in [2.45, 2.75) is 19.1 Å². The molecule has 0 aromatic carbocycles. The Kier molecular flexibility index (Phi) is 4.80. The Morgan fingerprint density at radius 2 is 2.18 bits per heavy atom. The van der Waals surface area contributed by atoms with Crippen LogP contribution in [0.4, 0.5) is 0 Å². The fourth-order valence-electron chi connectivity index (χ4n) is 0.535. The van der Waals surface area contributed by atoms with E-state index in [9.17, 15) is 0 Å². The molecule has 5 nitrogen and oxygen atoms in total. The second-order valence-electron chi connectivity index (χ2n) is 2.11. The second kappa shape index (κ2) is 5.09. The van der Waals surface area contributed by atoms with Gasteiger partial charge in [0.1, 0.15) is 5.76 Å². The van der Waals surface area contributed by atoms with Crippen LogP contribution in [0.2, 0.25) is 0 Å². The van der Waals surface area contributed by atoms with Gasteiger partial charge >= 0.3 is 0 Å². The van der Waals surface area contributed by atoms with E-state index in [4.69, 9.17) is 20.6 Å². The summed E-state index contributed by atoms with van der Waals surface area (Å²) in [6.45, 7) is 0.869. The Morgan fingerprint density at radius 3 is 2.45 bits per heavy atom. The fourth-order valence-corrected chi connectivity index (χ4v) is 0.535. The number of hydrogen-bond donors (Lipinski definition) is 4. The van der Waals surface area contributed by atoms with Crippen LogP contribution in [0.5, 0.6) is 0 Å². The lowest BCUT2D eigenvalue weighted by Gasteiger charge is -2.09. The van der Waals surface area contributed by atoms with Crippen molar-refractivity contribution in [3.05, 3.63) is 11.8 Å². The van der Waals surface area contributed by atoms with E-state index in [0.717, 1.165) is 6.08 Å². The first-order valence-electron chi connectivity index (χ1n) is 3.11. The van der Waals surface area contributed by atoms with Crippen LogP contribution >= 0.6 is 0 Å². The number of rotatable bonds is 4. The molecule has 0 bridgehead atoms. The van der Waals surface area contributed by atoms with Crippen LogP contribution < -0.4 is 0 Å². The monoisotopic (exact) mass is 164 g/mol. The average molecular weight is 164 g/mol. The topological polar surface area (TPSA) is 90.2 Å². The maximum absolute atomic E-state index is 8.94. The molecule has 2 unspecified atom stereocenters. The standard InChI is InChI=1S/C6H12O5/c1-4(8)2-5(9)6(3-7)11-10/h2,4,6-10H,3H2,1H3/b5-2+. The molecule has 0 rings (SSSR count). The maximum Gasteiger partial charge on any atom is 0.172 e. The summed E-state index contributed by atoms with van der Waals surface area (Å²) >= 11 is 0. The molecule has 0 amide bonds. The van der Waals surface area contributed by atoms with Crippen LogP contribution in [0.15, 0.2) is 11.8 Å². The van der Waals surface area contributed by atoms with Gasteiger partial charge in [0.25, 0.3) is 0 Å². The number of hydrogen-bond acceptors (Lipinski definition) is 5. The lowest BCUT2D eigenvalue weighted by Crippen LogP contribution is -2.19. The summed E-state index contributed by atoms with van der Waals surface area (Å²) in [6, 6.07) is 0. The van der Waals surface area contributed by atoms with E-state index in [1.807, 2.05) is 0 Å². The van der Waals surface area contributed by atoms with Gasteiger partial charge in [-0.1, -0.05) is 0 Å². The second-order valence-corrected chi connectivity index (χ2v) is 2.11. The molecule has 0 saturated carbocycles. The van der Waals surface area contributed by atoms with Crippen LogP contribution in [-0.2, 0) is 4.89 Å². The SMILES string of the molecule is CC(O)/C=C(/O)C(CO)OO. The Balaban J connectivity index is 4.07. The van der Waals surface area contributed by atoms with Gasteiger partial charge in [-0.25, -0.2) is 4.89 Å². The van der Waals surface area contributed by atoms with E-state index >= 15 is 0 Å². The third kappa shape index (κ3) is 3.94. The minimum absolute atomic E-state index is 0.398. The van der Waals surface area contributed by atoms with Gasteiger partial charge < -0.3 is 15.3 Å². The van der Waals surface area contributed by atoms with Crippen LogP contribution in [0.25, 0.3) is 0 Å². The summed E-state index contributed by atoms with van der Waals surface area (Å²) in [4.78, 5) is 3.68. The molecule has 11 heavy (non-hydrogen) atoms. The fraction of sp³-hybridized carbons (Fsp3) is 0.667. The van der Waals surface area contributed by atoms with Crippen molar-refractivity contribution in [3.63, 3.8) is 0 Å². The van der Waals surface area contributed by atoms with Gasteiger partial charge in [-0.2, -0.15) is 0 Å². The maximum atomic E-state index is 8.94. The summed E-state index contributed by atoms with van der Waals surface area (Å²) in [5.74, 6) is -0.398. The summed E-state index contributed by atoms with van der Waals surface area (Å²) in [6.07, 6.45) is -0.972. The zero-order valence-corrected chi connectivity index (χ0v) is 6.14. The highest BCUT2D eigenvalue weighted by molar-refractivity contribution is 5.00. The predicted molar refractivity (Wildman–Crippen MR) is 37.0 cm³/mol. The van der Waals surface area contributed by atoms with Crippen molar-refractivity contribution in [2.75, 3.05) is 6.61 Å². The minimum atomic E-state index is -1.18. The van der Waals surface area contributed by atoms with Crippen LogP contribution in [0.3, 0.4) is 0 Å². The molecule has 0 spiro atoms. The molecule has 0 fully saturated rings. The van der Waals surface area contributed by atoms with Gasteiger partial charge in [-0.3, -0.25) is 5.26 Å². The lowest BCUT2D eigenvalue weighted by atomic mass is 10.2. The molecule has 0 aliphatic carbocycles. The Bertz CT molecular complexity index is 127. The van der Waals surface area contributed by atoms with E-state index in [-0.39, 0.29) is 0 Å². The first-order chi connectivity index (χ1) is 5.11. The Morgan fingerprint density at radius 1 is 1.64 bits per heavy atom. The van der Waals surface area contributed by atoms with Crippen molar-refractivity contribution in [1.29, 1.82) is 0 Å². The largest absolute Gasteiger partial charge is 0.510 e. The molecule has 4 N–H and O–H groups in total. The highest BCUT2D eigenvalue weighted by Crippen LogP contribution is 2.02. The quantitative estimate of drug-likeness (QED) is 0.259. The highest BCUT2D eigenvalue weighted by Gasteiger charge is 2.12. The Hall–Kier alpha value is -0.620. The molecular formula is C6H12O5. The van der Waals surface area contributed by atoms with Crippen molar-refractivity contribution < 1.29 is 25.5 Å². The van der Waals surface area contributed by atoms with Gasteiger partial charge in [-0.05, 0) is 13.0 Å². The molecule has 2 atom stereocenters. The van der Waals surface area contributed by atoms with Gasteiger partial charge in [0.15, 0.2) is 6.10 Å². The van der Waals surface area contributed by atoms with Crippen LogP contribution in [0, 0.1) is 0 Å². The summed E-state index contributed by atoms with van der Waals surface area (Å²) in [5.41, 5.74) is 0. The smallest absolute Gasteiger partial charge is 0.172 e. The molecular weight excluding hydrogens is 152 g/mol. The summed E-state index contributed by atoms with van der Waals surface area (Å²) in [5, 5.41) is 34.2. The van der Waals surface area contributed by atoms with E-state index in [2.05, 4.69) is 4.89 Å². The van der Waals surface area contributed by atoms with Gasteiger partial charge in [0.05, 0.1) is 12.7 Å². The first-order valence-corrected chi connectivity index (χ1v) is 3.11. The Labute approximate surface area is 64.1 Å². The van der Waals surface area contributed by atoms with Gasteiger partial charge in [-0.15, -0.1) is 0 Å². The summed E-state index contributed by atoms with van der Waals surface area (Å²) < 4.78 is 0. The van der Waals surface area contributed by atoms with Crippen LogP contribution in [-0.4, -0.2) is 39.4 Å². The highest BCUT2D eigenvalue weighted by atomic mass is 17.1. The minimum Gasteiger partial charge on any atom is -0.510 e. The molecule has 0 heterocycles. The number of aliphatic hydroxyl groups excluding tert-OH is 3. The molecule has 0 saturated heterocycles. The predicted octanol–water partition coefficient (Wildman–Crippen LogP) is -0.340. The zero-order valence-electron chi connectivity index (χ0n) is 6.14. The molecule has 0 radical (unpaired) electrons. The normalized spacial score (nSPS) is 18.0. The lowest BCUT2D eigenvalue weighted by molar-refractivity contribution is -0.280. The van der Waals surface area contributed by atoms with E-state index < -0.39 is 24.6 Å². The van der Waals surface area contributed by atoms with Crippen molar-refractivity contribution in [2.24, 2.45) is 0 Å². The zero-order chi connectivity index (χ0) is 8.85. The summed E-state index contributed by atoms with van der Waals surface area (Å²) in [7, 11) is 0. The molecule has 0 aromatic rings. The van der Waals surface area contributed by atoms with Crippen LogP contribution in [0.1, 0.15) is 6.92 Å². The first kappa shape index (κ1) is 10.4. The third-order valence-corrected chi connectivity index (χ3v) is 1.03. The van der Waals surface area contributed by atoms with E-state index in [1.54, 1.807) is 0 Å². The molecule has 0 aliphatic rings. The van der Waals surface area contributed by atoms with Crippen molar-refractivity contribution >= 4 is 0 Å². The average Bonchev–Trinajstić information content (AvgIpc) is 1.88. The molecule has 0 aromatic heterocycles. The van der Waals surface area contributed by atoms with Gasteiger partial charge in [0.2, 0.25) is 0 Å². The van der Waals surface area contributed by atoms with E-state index in [0.29, 0.717) is 0 Å². The molecule has 0 aliphatic heterocycles. The molecule has 5 heteroatoms. The van der Waals surface area contributed by atoms with Crippen molar-refractivity contribution in [3.8, 4) is 0 Å². The third-order valence-electron chi connectivity index (χ3n) is 1.03. The number of aliphatic hydroxyl groups is 3. The van der Waals surface area contributed by atoms with E-state index in [1.165, 1.54) is 6.92 Å². The molecule has 66 valence electrons. The van der Waals surface area contributed by atoms with Crippen molar-refractivity contribution in [1.82, 2.24) is 0 Å².